The summed E-state index contributed by atoms with van der Waals surface area (Å²) in [4.78, 5) is 22.8. The molecule has 1 heterocycles. The molecule has 0 unspecified atom stereocenters. The molecule has 2 amide bonds. The molecule has 0 bridgehead atoms. The standard InChI is InChI=1S/C17H17N3O4S/c1-2-16(21)18-12-3-6-14(7-4-12)25(23,24)20-13-5-8-15-11(9-13)10-17(22)19-15/h3-9,20H,2,10H2,1H3,(H,18,21)(H,19,22). The van der Waals surface area contributed by atoms with Crippen molar-refractivity contribution >= 4 is 38.9 Å². The highest BCUT2D eigenvalue weighted by molar-refractivity contribution is 7.92. The monoisotopic (exact) mass is 359 g/mol. The molecule has 1 aliphatic heterocycles. The highest BCUT2D eigenvalue weighted by Crippen LogP contribution is 2.27. The zero-order valence-corrected chi connectivity index (χ0v) is 14.3. The first-order valence-corrected chi connectivity index (χ1v) is 9.21. The van der Waals surface area contributed by atoms with Gasteiger partial charge in [-0.1, -0.05) is 6.92 Å². The Morgan fingerprint density at radius 3 is 2.48 bits per heavy atom. The predicted molar refractivity (Wildman–Crippen MR) is 94.9 cm³/mol. The number of hydrogen-bond donors (Lipinski definition) is 3. The van der Waals surface area contributed by atoms with E-state index in [2.05, 4.69) is 15.4 Å². The van der Waals surface area contributed by atoms with E-state index in [4.69, 9.17) is 0 Å². The molecule has 3 N–H and O–H groups in total. The molecule has 0 saturated carbocycles. The van der Waals surface area contributed by atoms with Crippen LogP contribution in [0.4, 0.5) is 17.1 Å². The molecule has 0 radical (unpaired) electrons. The molecule has 0 spiro atoms. The van der Waals surface area contributed by atoms with Crippen LogP contribution in [-0.4, -0.2) is 20.2 Å². The van der Waals surface area contributed by atoms with Gasteiger partial charge in [-0.15, -0.1) is 0 Å². The number of sulfonamides is 1. The highest BCUT2D eigenvalue weighted by atomic mass is 32.2. The van der Waals surface area contributed by atoms with Gasteiger partial charge in [-0.05, 0) is 48.0 Å². The summed E-state index contributed by atoms with van der Waals surface area (Å²) >= 11 is 0. The third kappa shape index (κ3) is 3.80. The van der Waals surface area contributed by atoms with Gasteiger partial charge in [0.2, 0.25) is 11.8 Å². The Morgan fingerprint density at radius 2 is 1.80 bits per heavy atom. The van der Waals surface area contributed by atoms with Gasteiger partial charge in [-0.25, -0.2) is 8.42 Å². The van der Waals surface area contributed by atoms with E-state index in [0.29, 0.717) is 23.5 Å². The fraction of sp³-hybridized carbons (Fsp3) is 0.176. The van der Waals surface area contributed by atoms with Crippen LogP contribution in [-0.2, 0) is 26.0 Å². The van der Waals surface area contributed by atoms with Crippen molar-refractivity contribution in [1.82, 2.24) is 0 Å². The number of fused-ring (bicyclic) bond motifs is 1. The van der Waals surface area contributed by atoms with Gasteiger partial charge in [-0.2, -0.15) is 0 Å². The van der Waals surface area contributed by atoms with Gasteiger partial charge in [0.1, 0.15) is 0 Å². The van der Waals surface area contributed by atoms with E-state index >= 15 is 0 Å². The average molecular weight is 359 g/mol. The van der Waals surface area contributed by atoms with Crippen molar-refractivity contribution in [2.45, 2.75) is 24.7 Å². The van der Waals surface area contributed by atoms with Crippen LogP contribution in [0.15, 0.2) is 47.4 Å². The first kappa shape index (κ1) is 17.0. The van der Waals surface area contributed by atoms with Crippen LogP contribution in [0.25, 0.3) is 0 Å². The van der Waals surface area contributed by atoms with Gasteiger partial charge in [0.05, 0.1) is 11.3 Å². The molecule has 130 valence electrons. The fourth-order valence-electron chi connectivity index (χ4n) is 2.47. The summed E-state index contributed by atoms with van der Waals surface area (Å²) in [5.41, 5.74) is 2.37. The van der Waals surface area contributed by atoms with Crippen molar-refractivity contribution in [2.24, 2.45) is 0 Å². The Balaban J connectivity index is 1.77. The number of carbonyl (C=O) groups excluding carboxylic acids is 2. The Morgan fingerprint density at radius 1 is 1.12 bits per heavy atom. The third-order valence-electron chi connectivity index (χ3n) is 3.75. The van der Waals surface area contributed by atoms with E-state index < -0.39 is 10.0 Å². The third-order valence-corrected chi connectivity index (χ3v) is 5.15. The van der Waals surface area contributed by atoms with E-state index in [1.165, 1.54) is 24.3 Å². The SMILES string of the molecule is CCC(=O)Nc1ccc(S(=O)(=O)Nc2ccc3c(c2)CC(=O)N3)cc1. The Labute approximate surface area is 145 Å². The molecule has 1 aliphatic rings. The van der Waals surface area contributed by atoms with Gasteiger partial charge in [-0.3, -0.25) is 14.3 Å². The summed E-state index contributed by atoms with van der Waals surface area (Å²) in [6.45, 7) is 1.73. The molecule has 25 heavy (non-hydrogen) atoms. The average Bonchev–Trinajstić information content (AvgIpc) is 2.94. The van der Waals surface area contributed by atoms with E-state index in [-0.39, 0.29) is 23.1 Å². The van der Waals surface area contributed by atoms with Crippen molar-refractivity contribution in [3.8, 4) is 0 Å². The maximum Gasteiger partial charge on any atom is 0.261 e. The maximum absolute atomic E-state index is 12.5. The largest absolute Gasteiger partial charge is 0.326 e. The van der Waals surface area contributed by atoms with Crippen LogP contribution >= 0.6 is 0 Å². The molecule has 0 saturated heterocycles. The number of rotatable bonds is 5. The molecule has 2 aromatic carbocycles. The van der Waals surface area contributed by atoms with Crippen LogP contribution in [0.1, 0.15) is 18.9 Å². The van der Waals surface area contributed by atoms with Gasteiger partial charge in [0.25, 0.3) is 10.0 Å². The van der Waals surface area contributed by atoms with E-state index in [1.807, 2.05) is 0 Å². The van der Waals surface area contributed by atoms with Crippen LogP contribution in [0.3, 0.4) is 0 Å². The van der Waals surface area contributed by atoms with Crippen molar-refractivity contribution in [2.75, 3.05) is 15.4 Å². The lowest BCUT2D eigenvalue weighted by molar-refractivity contribution is -0.116. The molecule has 2 aromatic rings. The molecule has 0 fully saturated rings. The molecule has 0 atom stereocenters. The summed E-state index contributed by atoms with van der Waals surface area (Å²) in [5.74, 6) is -0.255. The molecular formula is C17H17N3O4S. The Bertz CT molecular complexity index is 937. The number of hydrogen-bond acceptors (Lipinski definition) is 4. The first-order valence-electron chi connectivity index (χ1n) is 7.73. The Kier molecular flexibility index (Phi) is 4.45. The van der Waals surface area contributed by atoms with E-state index in [9.17, 15) is 18.0 Å². The minimum absolute atomic E-state index is 0.0803. The number of benzene rings is 2. The van der Waals surface area contributed by atoms with Gasteiger partial charge in [0, 0.05) is 23.5 Å². The van der Waals surface area contributed by atoms with Crippen molar-refractivity contribution in [3.05, 3.63) is 48.0 Å². The second kappa shape index (κ2) is 6.56. The number of carbonyl (C=O) groups is 2. The number of nitrogens with one attached hydrogen (secondary N) is 3. The minimum Gasteiger partial charge on any atom is -0.326 e. The summed E-state index contributed by atoms with van der Waals surface area (Å²) in [7, 11) is -3.76. The summed E-state index contributed by atoms with van der Waals surface area (Å²) in [6, 6.07) is 10.8. The van der Waals surface area contributed by atoms with Crippen molar-refractivity contribution in [3.63, 3.8) is 0 Å². The molecule has 7 nitrogen and oxygen atoms in total. The topological polar surface area (TPSA) is 104 Å². The summed E-state index contributed by atoms with van der Waals surface area (Å²) < 4.78 is 27.4. The zero-order valence-electron chi connectivity index (χ0n) is 13.5. The molecule has 3 rings (SSSR count). The quantitative estimate of drug-likeness (QED) is 0.762. The number of amides is 2. The summed E-state index contributed by atoms with van der Waals surface area (Å²) in [5, 5.41) is 5.35. The normalized spacial score (nSPS) is 13.1. The minimum atomic E-state index is -3.76. The van der Waals surface area contributed by atoms with Gasteiger partial charge in [0.15, 0.2) is 0 Å². The lowest BCUT2D eigenvalue weighted by Crippen LogP contribution is -2.13. The lowest BCUT2D eigenvalue weighted by atomic mass is 10.1. The van der Waals surface area contributed by atoms with Crippen LogP contribution < -0.4 is 15.4 Å². The van der Waals surface area contributed by atoms with Gasteiger partial charge < -0.3 is 10.6 Å². The van der Waals surface area contributed by atoms with Crippen LogP contribution in [0.5, 0.6) is 0 Å². The van der Waals surface area contributed by atoms with Crippen molar-refractivity contribution < 1.29 is 18.0 Å². The zero-order chi connectivity index (χ0) is 18.0. The number of anilines is 3. The molecule has 8 heteroatoms. The predicted octanol–water partition coefficient (Wildman–Crippen LogP) is 2.33. The second-order valence-corrected chi connectivity index (χ2v) is 7.31. The smallest absolute Gasteiger partial charge is 0.261 e. The van der Waals surface area contributed by atoms with Crippen molar-refractivity contribution in [1.29, 1.82) is 0 Å². The van der Waals surface area contributed by atoms with E-state index in [0.717, 1.165) is 5.56 Å². The maximum atomic E-state index is 12.5. The lowest BCUT2D eigenvalue weighted by Gasteiger charge is -2.10. The molecule has 0 aromatic heterocycles. The second-order valence-electron chi connectivity index (χ2n) is 5.63. The van der Waals surface area contributed by atoms with Crippen LogP contribution in [0.2, 0.25) is 0 Å². The van der Waals surface area contributed by atoms with E-state index in [1.54, 1.807) is 25.1 Å². The Hall–Kier alpha value is -2.87. The fourth-order valence-corrected chi connectivity index (χ4v) is 3.52. The summed E-state index contributed by atoms with van der Waals surface area (Å²) in [6.07, 6.45) is 0.577. The van der Waals surface area contributed by atoms with Crippen LogP contribution in [0, 0.1) is 0 Å². The van der Waals surface area contributed by atoms with Gasteiger partial charge >= 0.3 is 0 Å². The molecule has 0 aliphatic carbocycles. The highest BCUT2D eigenvalue weighted by Gasteiger charge is 2.19. The first-order chi connectivity index (χ1) is 11.9. The molecular weight excluding hydrogens is 342 g/mol.